The van der Waals surface area contributed by atoms with Gasteiger partial charge in [-0.3, -0.25) is 14.7 Å². The van der Waals surface area contributed by atoms with Crippen LogP contribution in [0, 0.1) is 0 Å². The van der Waals surface area contributed by atoms with Gasteiger partial charge in [-0.15, -0.1) is 0 Å². The Hall–Kier alpha value is -2.17. The van der Waals surface area contributed by atoms with Gasteiger partial charge in [-0.2, -0.15) is 5.10 Å². The van der Waals surface area contributed by atoms with Gasteiger partial charge in [0.15, 0.2) is 5.82 Å². The minimum absolute atomic E-state index is 0.212. The average Bonchev–Trinajstić information content (AvgIpc) is 2.62. The summed E-state index contributed by atoms with van der Waals surface area (Å²) in [5.41, 5.74) is 0.814. The van der Waals surface area contributed by atoms with E-state index < -0.39 is 5.91 Å². The summed E-state index contributed by atoms with van der Waals surface area (Å²) in [5.74, 6) is -0.333. The molecule has 1 heterocycles. The van der Waals surface area contributed by atoms with E-state index >= 15 is 0 Å². The number of fused-ring (bicyclic) bond motifs is 1. The van der Waals surface area contributed by atoms with E-state index in [-0.39, 0.29) is 6.29 Å². The molecule has 0 saturated carbocycles. The number of nitrogens with zero attached hydrogens (tertiary/aromatic N) is 1. The van der Waals surface area contributed by atoms with Crippen LogP contribution in [-0.4, -0.2) is 22.4 Å². The van der Waals surface area contributed by atoms with Crippen molar-refractivity contribution in [3.05, 3.63) is 24.3 Å². The van der Waals surface area contributed by atoms with Gasteiger partial charge in [0.2, 0.25) is 6.29 Å². The molecule has 2 N–H and O–H groups in total. The highest BCUT2D eigenvalue weighted by Crippen LogP contribution is 2.18. The molecule has 0 atom stereocenters. The topological polar surface area (TPSA) is 74.8 Å². The number of nitrogens with one attached hydrogen (secondary N) is 2. The molecule has 0 spiro atoms. The molecule has 1 aromatic carbocycles. The molecular formula is C9H7N3O2. The fraction of sp³-hybridized carbons (Fsp3) is 0. The van der Waals surface area contributed by atoms with Crippen LogP contribution in [0.25, 0.3) is 10.9 Å². The zero-order chi connectivity index (χ0) is 9.97. The number of aromatic nitrogens is 2. The van der Waals surface area contributed by atoms with Crippen molar-refractivity contribution in [3.8, 4) is 0 Å². The van der Waals surface area contributed by atoms with E-state index in [0.29, 0.717) is 5.82 Å². The van der Waals surface area contributed by atoms with Crippen LogP contribution in [-0.2, 0) is 9.59 Å². The molecule has 1 aromatic heterocycles. The molecule has 0 saturated heterocycles. The fourth-order valence-corrected chi connectivity index (χ4v) is 1.20. The van der Waals surface area contributed by atoms with Crippen molar-refractivity contribution in [2.45, 2.75) is 0 Å². The second-order valence-electron chi connectivity index (χ2n) is 2.72. The first-order valence-corrected chi connectivity index (χ1v) is 4.00. The van der Waals surface area contributed by atoms with E-state index in [1.807, 2.05) is 18.2 Å². The number of rotatable bonds is 2. The molecule has 70 valence electrons. The number of carbonyl (C=O) groups is 2. The van der Waals surface area contributed by atoms with Crippen molar-refractivity contribution >= 4 is 28.9 Å². The maximum absolute atomic E-state index is 10.8. The molecule has 5 heteroatoms. The number of aldehydes is 1. The lowest BCUT2D eigenvalue weighted by Gasteiger charge is -1.94. The summed E-state index contributed by atoms with van der Waals surface area (Å²) in [5, 5.41) is 9.75. The lowest BCUT2D eigenvalue weighted by molar-refractivity contribution is -0.127. The summed E-state index contributed by atoms with van der Waals surface area (Å²) in [6.45, 7) is 0. The Balaban J connectivity index is 2.43. The number of hydrogen-bond donors (Lipinski definition) is 2. The van der Waals surface area contributed by atoms with Gasteiger partial charge in [-0.25, -0.2) is 0 Å². The largest absolute Gasteiger partial charge is 0.302 e. The van der Waals surface area contributed by atoms with Crippen molar-refractivity contribution in [3.63, 3.8) is 0 Å². The summed E-state index contributed by atoms with van der Waals surface area (Å²) < 4.78 is 0. The minimum atomic E-state index is -0.706. The summed E-state index contributed by atoms with van der Waals surface area (Å²) in [7, 11) is 0. The summed E-state index contributed by atoms with van der Waals surface area (Å²) >= 11 is 0. The first-order valence-electron chi connectivity index (χ1n) is 4.00. The van der Waals surface area contributed by atoms with Gasteiger partial charge in [0.1, 0.15) is 0 Å². The Morgan fingerprint density at radius 1 is 1.43 bits per heavy atom. The third-order valence-electron chi connectivity index (χ3n) is 1.82. The third kappa shape index (κ3) is 1.35. The molecule has 0 fully saturated rings. The quantitative estimate of drug-likeness (QED) is 0.539. The van der Waals surface area contributed by atoms with E-state index in [1.165, 1.54) is 0 Å². The predicted octanol–water partition coefficient (Wildman–Crippen LogP) is 0.700. The van der Waals surface area contributed by atoms with Gasteiger partial charge < -0.3 is 5.32 Å². The zero-order valence-corrected chi connectivity index (χ0v) is 7.15. The molecule has 5 nitrogen and oxygen atoms in total. The van der Waals surface area contributed by atoms with Gasteiger partial charge in [-0.05, 0) is 12.1 Å². The van der Waals surface area contributed by atoms with Crippen molar-refractivity contribution in [2.75, 3.05) is 5.32 Å². The molecule has 0 unspecified atom stereocenters. The molecule has 0 aliphatic carbocycles. The first kappa shape index (κ1) is 8.43. The molecule has 0 bridgehead atoms. The number of benzene rings is 1. The Kier molecular flexibility index (Phi) is 1.98. The fourth-order valence-electron chi connectivity index (χ4n) is 1.20. The number of H-pyrrole nitrogens is 1. The molecule has 0 aliphatic rings. The van der Waals surface area contributed by atoms with Crippen LogP contribution in [0.15, 0.2) is 24.3 Å². The third-order valence-corrected chi connectivity index (χ3v) is 1.82. The highest BCUT2D eigenvalue weighted by Gasteiger charge is 2.06. The van der Waals surface area contributed by atoms with E-state index in [9.17, 15) is 9.59 Å². The zero-order valence-electron chi connectivity index (χ0n) is 7.15. The molecule has 2 rings (SSSR count). The monoisotopic (exact) mass is 189 g/mol. The van der Waals surface area contributed by atoms with Gasteiger partial charge in [0.25, 0.3) is 5.91 Å². The average molecular weight is 189 g/mol. The second-order valence-corrected chi connectivity index (χ2v) is 2.72. The van der Waals surface area contributed by atoms with Crippen LogP contribution in [0.3, 0.4) is 0 Å². The van der Waals surface area contributed by atoms with Gasteiger partial charge in [0.05, 0.1) is 5.52 Å². The smallest absolute Gasteiger partial charge is 0.289 e. The molecule has 0 aliphatic heterocycles. The number of anilines is 1. The first-order chi connectivity index (χ1) is 6.81. The Morgan fingerprint density at radius 3 is 3.00 bits per heavy atom. The van der Waals surface area contributed by atoms with Crippen molar-refractivity contribution in [1.82, 2.24) is 10.2 Å². The van der Waals surface area contributed by atoms with Gasteiger partial charge in [0, 0.05) is 5.39 Å². The SMILES string of the molecule is O=CC(=O)Nc1n[nH]c2ccccc12. The van der Waals surface area contributed by atoms with Gasteiger partial charge >= 0.3 is 0 Å². The van der Waals surface area contributed by atoms with Crippen molar-refractivity contribution < 1.29 is 9.59 Å². The minimum Gasteiger partial charge on any atom is -0.302 e. The highest BCUT2D eigenvalue weighted by molar-refractivity contribution is 6.30. The number of carbonyl (C=O) groups excluding carboxylic acids is 2. The van der Waals surface area contributed by atoms with Gasteiger partial charge in [-0.1, -0.05) is 12.1 Å². The van der Waals surface area contributed by atoms with E-state index in [0.717, 1.165) is 10.9 Å². The molecule has 0 radical (unpaired) electrons. The molecule has 2 aromatic rings. The lowest BCUT2D eigenvalue weighted by Crippen LogP contribution is -2.12. The molecule has 1 amide bonds. The number of para-hydroxylation sites is 1. The van der Waals surface area contributed by atoms with E-state index in [1.54, 1.807) is 6.07 Å². The second kappa shape index (κ2) is 3.29. The molecule has 14 heavy (non-hydrogen) atoms. The number of hydrogen-bond acceptors (Lipinski definition) is 3. The Labute approximate surface area is 79.1 Å². The van der Waals surface area contributed by atoms with Crippen LogP contribution in [0.5, 0.6) is 0 Å². The number of aromatic amines is 1. The predicted molar refractivity (Wildman–Crippen MR) is 50.8 cm³/mol. The maximum atomic E-state index is 10.8. The Bertz CT molecular complexity index is 490. The van der Waals surface area contributed by atoms with E-state index in [4.69, 9.17) is 0 Å². The summed E-state index contributed by atoms with van der Waals surface area (Å²) in [4.78, 5) is 20.9. The summed E-state index contributed by atoms with van der Waals surface area (Å²) in [6.07, 6.45) is 0.212. The van der Waals surface area contributed by atoms with Crippen molar-refractivity contribution in [2.24, 2.45) is 0 Å². The van der Waals surface area contributed by atoms with Crippen LogP contribution in [0.2, 0.25) is 0 Å². The number of amides is 1. The van der Waals surface area contributed by atoms with Crippen LogP contribution < -0.4 is 5.32 Å². The van der Waals surface area contributed by atoms with Crippen LogP contribution in [0.1, 0.15) is 0 Å². The highest BCUT2D eigenvalue weighted by atomic mass is 16.2. The Morgan fingerprint density at radius 2 is 2.21 bits per heavy atom. The molecular weight excluding hydrogens is 182 g/mol. The van der Waals surface area contributed by atoms with Crippen LogP contribution >= 0.6 is 0 Å². The summed E-state index contributed by atoms with van der Waals surface area (Å²) in [6, 6.07) is 7.32. The van der Waals surface area contributed by atoms with E-state index in [2.05, 4.69) is 15.5 Å². The maximum Gasteiger partial charge on any atom is 0.289 e. The standard InChI is InChI=1S/C9H7N3O2/c13-5-8(14)10-9-6-3-1-2-4-7(6)11-12-9/h1-5H,(H2,10,11,12,14). The normalized spacial score (nSPS) is 10.0. The van der Waals surface area contributed by atoms with Crippen LogP contribution in [0.4, 0.5) is 5.82 Å². The van der Waals surface area contributed by atoms with Crippen molar-refractivity contribution in [1.29, 1.82) is 0 Å². The lowest BCUT2D eigenvalue weighted by atomic mass is 10.2.